The van der Waals surface area contributed by atoms with Crippen molar-refractivity contribution < 1.29 is 15.0 Å². The van der Waals surface area contributed by atoms with E-state index in [1.165, 1.54) is 5.56 Å². The number of nitrogens with two attached hydrogens (primary N) is 2. The van der Waals surface area contributed by atoms with Gasteiger partial charge in [-0.3, -0.25) is 4.90 Å². The minimum atomic E-state index is -1.50. The van der Waals surface area contributed by atoms with Gasteiger partial charge in [-0.2, -0.15) is 0 Å². The fourth-order valence-electron chi connectivity index (χ4n) is 2.00. The van der Waals surface area contributed by atoms with Gasteiger partial charge in [0.15, 0.2) is 5.96 Å². The Bertz CT molecular complexity index is 478. The van der Waals surface area contributed by atoms with Gasteiger partial charge in [0.25, 0.3) is 5.09 Å². The van der Waals surface area contributed by atoms with E-state index in [1.54, 1.807) is 0 Å². The number of hydrogen-bond donors (Lipinski definition) is 3. The van der Waals surface area contributed by atoms with Crippen molar-refractivity contribution in [1.29, 1.82) is 0 Å². The molecule has 122 valence electrons. The molecule has 1 aromatic carbocycles. The molecule has 1 aliphatic heterocycles. The lowest BCUT2D eigenvalue weighted by atomic mass is 10.1. The molecule has 0 aromatic heterocycles. The summed E-state index contributed by atoms with van der Waals surface area (Å²) in [4.78, 5) is 14.8. The lowest BCUT2D eigenvalue weighted by molar-refractivity contribution is -0.742. The van der Waals surface area contributed by atoms with Gasteiger partial charge < -0.3 is 21.4 Å². The molecular formula is C13H21N5O4. The summed E-state index contributed by atoms with van der Waals surface area (Å²) >= 11 is 0. The first-order valence-corrected chi connectivity index (χ1v) is 6.79. The molecule has 0 saturated carbocycles. The lowest BCUT2D eigenvalue weighted by Gasteiger charge is -2.26. The van der Waals surface area contributed by atoms with Crippen LogP contribution in [0.4, 0.5) is 5.69 Å². The monoisotopic (exact) mass is 311 g/mol. The Balaban J connectivity index is 0.000000541. The molecule has 0 radical (unpaired) electrons. The molecule has 1 heterocycles. The van der Waals surface area contributed by atoms with Gasteiger partial charge >= 0.3 is 0 Å². The third kappa shape index (κ3) is 8.02. The molecule has 0 unspecified atom stereocenters. The second kappa shape index (κ2) is 9.53. The van der Waals surface area contributed by atoms with Gasteiger partial charge in [0, 0.05) is 19.6 Å². The maximum atomic E-state index is 8.36. The summed E-state index contributed by atoms with van der Waals surface area (Å²) in [6, 6.07) is 8.02. The summed E-state index contributed by atoms with van der Waals surface area (Å²) in [5.74, 6) is 0.0936. The summed E-state index contributed by atoms with van der Waals surface area (Å²) in [7, 11) is 0. The van der Waals surface area contributed by atoms with Gasteiger partial charge in [-0.05, 0) is 24.1 Å². The molecular weight excluding hydrogens is 290 g/mol. The molecule has 9 heteroatoms. The van der Waals surface area contributed by atoms with Crippen LogP contribution in [-0.4, -0.2) is 54.0 Å². The Morgan fingerprint density at radius 3 is 2.36 bits per heavy atom. The van der Waals surface area contributed by atoms with Crippen LogP contribution in [0.5, 0.6) is 0 Å². The smallest absolute Gasteiger partial charge is 0.291 e. The summed E-state index contributed by atoms with van der Waals surface area (Å²) < 4.78 is 5.32. The van der Waals surface area contributed by atoms with Crippen molar-refractivity contribution in [3.63, 3.8) is 0 Å². The van der Waals surface area contributed by atoms with Gasteiger partial charge in [0.2, 0.25) is 0 Å². The van der Waals surface area contributed by atoms with Crippen LogP contribution in [-0.2, 0) is 11.2 Å². The Hall–Kier alpha value is -2.39. The van der Waals surface area contributed by atoms with Crippen LogP contribution in [0.2, 0.25) is 0 Å². The van der Waals surface area contributed by atoms with Crippen LogP contribution >= 0.6 is 0 Å². The number of hydrogen-bond acceptors (Lipinski definition) is 5. The van der Waals surface area contributed by atoms with Crippen molar-refractivity contribution in [2.24, 2.45) is 16.5 Å². The molecule has 1 aromatic rings. The lowest BCUT2D eigenvalue weighted by Crippen LogP contribution is -2.37. The standard InChI is InChI=1S/C13H20N4O.HNO3/c14-13(15)16-12-3-1-11(2-4-12)5-6-17-7-9-18-10-8-17;2-1(3)4/h1-4H,5-10H2,(H4,14,15,16);(H,2,3,4). The van der Waals surface area contributed by atoms with Crippen molar-refractivity contribution in [3.05, 3.63) is 39.9 Å². The fraction of sp³-hybridized carbons (Fsp3) is 0.462. The van der Waals surface area contributed by atoms with E-state index in [2.05, 4.69) is 22.0 Å². The summed E-state index contributed by atoms with van der Waals surface area (Å²) in [6.45, 7) is 4.84. The highest BCUT2D eigenvalue weighted by Crippen LogP contribution is 2.13. The number of nitrogens with zero attached hydrogens (tertiary/aromatic N) is 3. The number of morpholine rings is 1. The zero-order chi connectivity index (χ0) is 16.4. The number of aliphatic imine (C=N–C) groups is 1. The highest BCUT2D eigenvalue weighted by molar-refractivity contribution is 5.78. The van der Waals surface area contributed by atoms with Gasteiger partial charge in [-0.25, -0.2) is 4.99 Å². The van der Waals surface area contributed by atoms with Gasteiger partial charge in [0.1, 0.15) is 0 Å². The molecule has 1 fully saturated rings. The predicted octanol–water partition coefficient (Wildman–Crippen LogP) is 0.119. The van der Waals surface area contributed by atoms with Crippen molar-refractivity contribution in [2.75, 3.05) is 32.8 Å². The van der Waals surface area contributed by atoms with E-state index in [-0.39, 0.29) is 5.96 Å². The van der Waals surface area contributed by atoms with E-state index in [9.17, 15) is 0 Å². The number of benzene rings is 1. The first-order chi connectivity index (χ1) is 10.5. The summed E-state index contributed by atoms with van der Waals surface area (Å²) in [5, 5.41) is 13.6. The molecule has 2 rings (SSSR count). The van der Waals surface area contributed by atoms with Gasteiger partial charge in [-0.15, -0.1) is 10.1 Å². The van der Waals surface area contributed by atoms with Crippen molar-refractivity contribution in [2.45, 2.75) is 6.42 Å². The zero-order valence-electron chi connectivity index (χ0n) is 12.2. The topological polar surface area (TPSA) is 140 Å². The van der Waals surface area contributed by atoms with E-state index < -0.39 is 5.09 Å². The molecule has 0 atom stereocenters. The average molecular weight is 311 g/mol. The van der Waals surface area contributed by atoms with Crippen LogP contribution < -0.4 is 11.5 Å². The van der Waals surface area contributed by atoms with E-state index >= 15 is 0 Å². The third-order valence-corrected chi connectivity index (χ3v) is 3.01. The van der Waals surface area contributed by atoms with Crippen molar-refractivity contribution in [3.8, 4) is 0 Å². The average Bonchev–Trinajstić information content (AvgIpc) is 2.46. The number of rotatable bonds is 4. The first kappa shape index (κ1) is 17.7. The second-order valence-electron chi connectivity index (χ2n) is 4.64. The summed E-state index contributed by atoms with van der Waals surface area (Å²) in [6.07, 6.45) is 1.04. The van der Waals surface area contributed by atoms with Crippen molar-refractivity contribution >= 4 is 11.6 Å². The molecule has 0 aliphatic carbocycles. The highest BCUT2D eigenvalue weighted by atomic mass is 16.9. The van der Waals surface area contributed by atoms with Crippen molar-refractivity contribution in [1.82, 2.24) is 4.90 Å². The Morgan fingerprint density at radius 1 is 1.32 bits per heavy atom. The van der Waals surface area contributed by atoms with Gasteiger partial charge in [0.05, 0.1) is 18.9 Å². The van der Waals surface area contributed by atoms with E-state index in [0.717, 1.165) is 45.0 Å². The Labute approximate surface area is 128 Å². The molecule has 9 nitrogen and oxygen atoms in total. The third-order valence-electron chi connectivity index (χ3n) is 3.01. The Kier molecular flexibility index (Phi) is 7.65. The SMILES string of the molecule is NC(N)=Nc1ccc(CCN2CCOCC2)cc1.O=[N+]([O-])O. The van der Waals surface area contributed by atoms with Gasteiger partial charge in [-0.1, -0.05) is 12.1 Å². The second-order valence-corrected chi connectivity index (χ2v) is 4.64. The zero-order valence-corrected chi connectivity index (χ0v) is 12.2. The number of guanidine groups is 1. The summed E-state index contributed by atoms with van der Waals surface area (Å²) in [5.41, 5.74) is 12.8. The van der Waals surface area contributed by atoms with Crippen LogP contribution in [0.3, 0.4) is 0 Å². The molecule has 5 N–H and O–H groups in total. The molecule has 1 aliphatic rings. The number of ether oxygens (including phenoxy) is 1. The molecule has 0 spiro atoms. The van der Waals surface area contributed by atoms with E-state index in [0.29, 0.717) is 0 Å². The minimum absolute atomic E-state index is 0.0936. The predicted molar refractivity (Wildman–Crippen MR) is 81.7 cm³/mol. The Morgan fingerprint density at radius 2 is 1.86 bits per heavy atom. The van der Waals surface area contributed by atoms with E-state index in [1.807, 2.05) is 12.1 Å². The van der Waals surface area contributed by atoms with Crippen LogP contribution in [0.25, 0.3) is 0 Å². The molecule has 1 saturated heterocycles. The molecule has 0 amide bonds. The maximum absolute atomic E-state index is 8.36. The van der Waals surface area contributed by atoms with Crippen LogP contribution in [0, 0.1) is 10.1 Å². The highest BCUT2D eigenvalue weighted by Gasteiger charge is 2.09. The van der Waals surface area contributed by atoms with E-state index in [4.69, 9.17) is 31.5 Å². The molecule has 22 heavy (non-hydrogen) atoms. The van der Waals surface area contributed by atoms with Crippen LogP contribution in [0.15, 0.2) is 29.3 Å². The largest absolute Gasteiger partial charge is 0.379 e. The normalized spacial score (nSPS) is 14.5. The maximum Gasteiger partial charge on any atom is 0.291 e. The quantitative estimate of drug-likeness (QED) is 0.310. The fourth-order valence-corrected chi connectivity index (χ4v) is 2.00. The minimum Gasteiger partial charge on any atom is -0.379 e. The van der Waals surface area contributed by atoms with Crippen LogP contribution in [0.1, 0.15) is 5.56 Å². The first-order valence-electron chi connectivity index (χ1n) is 6.79. The molecule has 0 bridgehead atoms.